The van der Waals surface area contributed by atoms with Crippen molar-refractivity contribution in [1.82, 2.24) is 4.90 Å². The molecule has 0 saturated carbocycles. The van der Waals surface area contributed by atoms with E-state index in [1.807, 2.05) is 26.0 Å². The van der Waals surface area contributed by atoms with Gasteiger partial charge in [-0.15, -0.1) is 22.7 Å². The summed E-state index contributed by atoms with van der Waals surface area (Å²) in [6, 6.07) is 8.80. The Hall–Kier alpha value is -2.09. The molecule has 3 aromatic rings. The number of aryl methyl sites for hydroxylation is 1. The van der Waals surface area contributed by atoms with Gasteiger partial charge in [0.1, 0.15) is 0 Å². The summed E-state index contributed by atoms with van der Waals surface area (Å²) < 4.78 is 5.79. The Kier molecular flexibility index (Phi) is 5.80. The van der Waals surface area contributed by atoms with Gasteiger partial charge in [-0.3, -0.25) is 9.59 Å². The van der Waals surface area contributed by atoms with E-state index in [2.05, 4.69) is 5.32 Å². The molecule has 26 heavy (non-hydrogen) atoms. The summed E-state index contributed by atoms with van der Waals surface area (Å²) in [5.41, 5.74) is 0.831. The molecule has 0 saturated heterocycles. The van der Waals surface area contributed by atoms with Gasteiger partial charge >= 0.3 is 0 Å². The Morgan fingerprint density at radius 2 is 2.08 bits per heavy atom. The monoisotopic (exact) mass is 408 g/mol. The quantitative estimate of drug-likeness (QED) is 0.603. The third-order valence-electron chi connectivity index (χ3n) is 3.74. The lowest BCUT2D eigenvalue weighted by atomic mass is 10.2. The van der Waals surface area contributed by atoms with E-state index < -0.39 is 0 Å². The molecule has 3 heterocycles. The third-order valence-corrected chi connectivity index (χ3v) is 6.09. The van der Waals surface area contributed by atoms with Crippen molar-refractivity contribution in [3.05, 3.63) is 62.0 Å². The molecule has 0 aliphatic carbocycles. The molecule has 3 rings (SSSR count). The Labute approximate surface area is 164 Å². The number of hydrogen-bond donors (Lipinski definition) is 1. The number of halogens is 1. The van der Waals surface area contributed by atoms with Crippen molar-refractivity contribution >= 4 is 51.1 Å². The Morgan fingerprint density at radius 3 is 2.69 bits per heavy atom. The molecular weight excluding hydrogens is 392 g/mol. The fourth-order valence-corrected chi connectivity index (χ4v) is 4.57. The number of carbonyl (C=O) groups is 2. The van der Waals surface area contributed by atoms with Gasteiger partial charge in [-0.25, -0.2) is 0 Å². The van der Waals surface area contributed by atoms with Gasteiger partial charge in [-0.05, 0) is 49.7 Å². The van der Waals surface area contributed by atoms with Crippen LogP contribution >= 0.6 is 34.3 Å². The van der Waals surface area contributed by atoms with Crippen molar-refractivity contribution in [2.45, 2.75) is 20.4 Å². The van der Waals surface area contributed by atoms with Crippen LogP contribution in [-0.2, 0) is 6.54 Å². The highest BCUT2D eigenvalue weighted by Crippen LogP contribution is 2.29. The minimum Gasteiger partial charge on any atom is -0.459 e. The van der Waals surface area contributed by atoms with E-state index >= 15 is 0 Å². The van der Waals surface area contributed by atoms with E-state index in [1.165, 1.54) is 28.9 Å². The van der Waals surface area contributed by atoms with E-state index in [1.54, 1.807) is 23.1 Å². The van der Waals surface area contributed by atoms with Gasteiger partial charge in [0.15, 0.2) is 5.76 Å². The highest BCUT2D eigenvalue weighted by molar-refractivity contribution is 7.18. The smallest absolute Gasteiger partial charge is 0.291 e. The maximum absolute atomic E-state index is 12.9. The normalized spacial score (nSPS) is 10.7. The second-order valence-corrected chi connectivity index (χ2v) is 8.43. The molecule has 136 valence electrons. The molecular formula is C18H17ClN2O3S2. The molecule has 0 aliphatic rings. The zero-order valence-electron chi connectivity index (χ0n) is 14.2. The van der Waals surface area contributed by atoms with Gasteiger partial charge in [-0.2, -0.15) is 0 Å². The van der Waals surface area contributed by atoms with Crippen LogP contribution in [0, 0.1) is 6.92 Å². The fourth-order valence-electron chi connectivity index (χ4n) is 2.43. The molecule has 1 N–H and O–H groups in total. The van der Waals surface area contributed by atoms with Crippen LogP contribution in [0.1, 0.15) is 37.6 Å². The molecule has 0 unspecified atom stereocenters. The maximum atomic E-state index is 12.9. The highest BCUT2D eigenvalue weighted by atomic mass is 35.5. The summed E-state index contributed by atoms with van der Waals surface area (Å²) in [5.74, 6) is -0.164. The molecule has 5 nitrogen and oxygen atoms in total. The SMILES string of the molecule is CCN(Cc1ccc(Cl)s1)C(=O)c1sc(NC(=O)c2ccco2)cc1C. The molecule has 0 spiro atoms. The number of nitrogens with one attached hydrogen (secondary N) is 1. The number of amides is 2. The summed E-state index contributed by atoms with van der Waals surface area (Å²) in [5, 5.41) is 3.38. The van der Waals surface area contributed by atoms with E-state index in [0.717, 1.165) is 10.4 Å². The molecule has 0 aliphatic heterocycles. The number of furan rings is 1. The summed E-state index contributed by atoms with van der Waals surface area (Å²) in [6.07, 6.45) is 1.44. The standard InChI is InChI=1S/C18H17ClN2O3S2/c1-3-21(10-12-6-7-14(19)25-12)18(23)16-11(2)9-15(26-16)20-17(22)13-5-4-8-24-13/h4-9H,3,10H2,1-2H3,(H,20,22). The van der Waals surface area contributed by atoms with Crippen molar-refractivity contribution in [2.24, 2.45) is 0 Å². The average molecular weight is 409 g/mol. The number of thiophene rings is 2. The minimum atomic E-state index is -0.337. The van der Waals surface area contributed by atoms with Crippen LogP contribution in [0.15, 0.2) is 41.0 Å². The summed E-state index contributed by atoms with van der Waals surface area (Å²) in [4.78, 5) is 28.4. The summed E-state index contributed by atoms with van der Waals surface area (Å²) >= 11 is 8.71. The highest BCUT2D eigenvalue weighted by Gasteiger charge is 2.21. The topological polar surface area (TPSA) is 62.6 Å². The largest absolute Gasteiger partial charge is 0.459 e. The van der Waals surface area contributed by atoms with Crippen LogP contribution in [-0.4, -0.2) is 23.3 Å². The molecule has 0 radical (unpaired) electrons. The van der Waals surface area contributed by atoms with E-state index in [-0.39, 0.29) is 17.6 Å². The first-order chi connectivity index (χ1) is 12.5. The lowest BCUT2D eigenvalue weighted by Gasteiger charge is -2.19. The van der Waals surface area contributed by atoms with Crippen LogP contribution < -0.4 is 5.32 Å². The lowest BCUT2D eigenvalue weighted by Crippen LogP contribution is -2.29. The molecule has 3 aromatic heterocycles. The van der Waals surface area contributed by atoms with Gasteiger partial charge in [0.25, 0.3) is 11.8 Å². The van der Waals surface area contributed by atoms with E-state index in [0.29, 0.717) is 27.3 Å². The molecule has 0 aromatic carbocycles. The van der Waals surface area contributed by atoms with Crippen molar-refractivity contribution < 1.29 is 14.0 Å². The number of rotatable bonds is 6. The predicted molar refractivity (Wildman–Crippen MR) is 105 cm³/mol. The second-order valence-electron chi connectivity index (χ2n) is 5.58. The van der Waals surface area contributed by atoms with E-state index in [4.69, 9.17) is 16.0 Å². The molecule has 0 atom stereocenters. The Balaban J connectivity index is 1.74. The van der Waals surface area contributed by atoms with Gasteiger partial charge in [-0.1, -0.05) is 11.6 Å². The van der Waals surface area contributed by atoms with Crippen LogP contribution in [0.3, 0.4) is 0 Å². The first-order valence-electron chi connectivity index (χ1n) is 7.96. The van der Waals surface area contributed by atoms with Crippen LogP contribution in [0.4, 0.5) is 5.00 Å². The molecule has 8 heteroatoms. The van der Waals surface area contributed by atoms with Crippen LogP contribution in [0.25, 0.3) is 0 Å². The molecule has 0 bridgehead atoms. The third kappa shape index (κ3) is 4.17. The first kappa shape index (κ1) is 18.7. The maximum Gasteiger partial charge on any atom is 0.291 e. The Morgan fingerprint density at radius 1 is 1.27 bits per heavy atom. The van der Waals surface area contributed by atoms with Crippen LogP contribution in [0.5, 0.6) is 0 Å². The van der Waals surface area contributed by atoms with Gasteiger partial charge in [0.05, 0.1) is 27.0 Å². The van der Waals surface area contributed by atoms with Crippen molar-refractivity contribution in [1.29, 1.82) is 0 Å². The zero-order valence-corrected chi connectivity index (χ0v) is 16.6. The van der Waals surface area contributed by atoms with Gasteiger partial charge in [0.2, 0.25) is 0 Å². The first-order valence-corrected chi connectivity index (χ1v) is 9.97. The number of nitrogens with zero attached hydrogens (tertiary/aromatic N) is 1. The van der Waals surface area contributed by atoms with Crippen molar-refractivity contribution in [3.63, 3.8) is 0 Å². The number of carbonyl (C=O) groups excluding carboxylic acids is 2. The fraction of sp³-hybridized carbons (Fsp3) is 0.222. The number of anilines is 1. The second kappa shape index (κ2) is 8.07. The summed E-state index contributed by atoms with van der Waals surface area (Å²) in [7, 11) is 0. The van der Waals surface area contributed by atoms with Crippen molar-refractivity contribution in [3.8, 4) is 0 Å². The summed E-state index contributed by atoms with van der Waals surface area (Å²) in [6.45, 7) is 4.90. The lowest BCUT2D eigenvalue weighted by molar-refractivity contribution is 0.0758. The predicted octanol–water partition coefficient (Wildman–Crippen LogP) is 5.28. The van der Waals surface area contributed by atoms with Gasteiger partial charge in [0, 0.05) is 11.4 Å². The number of hydrogen-bond acceptors (Lipinski definition) is 5. The van der Waals surface area contributed by atoms with Crippen molar-refractivity contribution in [2.75, 3.05) is 11.9 Å². The Bertz CT molecular complexity index is 915. The zero-order chi connectivity index (χ0) is 18.7. The molecule has 2 amide bonds. The van der Waals surface area contributed by atoms with Gasteiger partial charge < -0.3 is 14.6 Å². The minimum absolute atomic E-state index is 0.0574. The van der Waals surface area contributed by atoms with Crippen LogP contribution in [0.2, 0.25) is 4.34 Å². The van der Waals surface area contributed by atoms with E-state index in [9.17, 15) is 9.59 Å². The average Bonchev–Trinajstić information content (AvgIpc) is 3.34. The molecule has 0 fully saturated rings.